The molecule has 0 spiro atoms. The van der Waals surface area contributed by atoms with Crippen LogP contribution in [0.3, 0.4) is 0 Å². The van der Waals surface area contributed by atoms with E-state index in [1.807, 2.05) is 12.1 Å². The summed E-state index contributed by atoms with van der Waals surface area (Å²) >= 11 is 11.9. The van der Waals surface area contributed by atoms with Crippen LogP contribution >= 0.6 is 23.2 Å². The van der Waals surface area contributed by atoms with Crippen molar-refractivity contribution in [1.82, 2.24) is 0 Å². The van der Waals surface area contributed by atoms with Gasteiger partial charge >= 0.3 is 0 Å². The van der Waals surface area contributed by atoms with Gasteiger partial charge in [-0.1, -0.05) is 23.2 Å². The number of carbonyl (C=O) groups excluding carboxylic acids is 1. The van der Waals surface area contributed by atoms with E-state index in [1.54, 1.807) is 18.2 Å². The van der Waals surface area contributed by atoms with Crippen LogP contribution in [0.4, 0.5) is 11.6 Å². The third-order valence-electron chi connectivity index (χ3n) is 3.86. The molecule has 5 nitrogen and oxygen atoms in total. The number of nitriles is 1. The molecule has 1 saturated heterocycles. The van der Waals surface area contributed by atoms with Gasteiger partial charge in [-0.2, -0.15) is 5.26 Å². The Morgan fingerprint density at radius 1 is 1.24 bits per heavy atom. The molecule has 7 heteroatoms. The highest BCUT2D eigenvalue weighted by molar-refractivity contribution is 6.36. The molecule has 2 heterocycles. The second-order valence-electron chi connectivity index (χ2n) is 5.62. The second-order valence-corrected chi connectivity index (χ2v) is 6.46. The molecule has 1 aromatic heterocycles. The van der Waals surface area contributed by atoms with Crippen molar-refractivity contribution in [2.24, 2.45) is 0 Å². The van der Waals surface area contributed by atoms with Crippen LogP contribution in [0.2, 0.25) is 10.0 Å². The lowest BCUT2D eigenvalue weighted by Crippen LogP contribution is -2.16. The summed E-state index contributed by atoms with van der Waals surface area (Å²) in [5.74, 6) is 0.642. The maximum Gasteiger partial charge on any atom is 0.266 e. The van der Waals surface area contributed by atoms with Crippen LogP contribution in [-0.2, 0) is 4.79 Å². The zero-order chi connectivity index (χ0) is 17.8. The predicted octanol–water partition coefficient (Wildman–Crippen LogP) is 4.73. The smallest absolute Gasteiger partial charge is 0.266 e. The highest BCUT2D eigenvalue weighted by atomic mass is 35.5. The van der Waals surface area contributed by atoms with Crippen LogP contribution in [0.5, 0.6) is 0 Å². The first-order chi connectivity index (χ1) is 12.1. The molecule has 1 amide bonds. The Bertz CT molecular complexity index is 861. The average molecular weight is 376 g/mol. The lowest BCUT2D eigenvalue weighted by Gasteiger charge is -2.12. The molecule has 1 N–H and O–H groups in total. The molecular weight excluding hydrogens is 361 g/mol. The number of hydrogen-bond donors (Lipinski definition) is 1. The summed E-state index contributed by atoms with van der Waals surface area (Å²) in [6.45, 7) is 1.91. The minimum atomic E-state index is -0.564. The van der Waals surface area contributed by atoms with Crippen molar-refractivity contribution in [3.63, 3.8) is 0 Å². The van der Waals surface area contributed by atoms with Crippen LogP contribution in [-0.4, -0.2) is 19.0 Å². The lowest BCUT2D eigenvalue weighted by molar-refractivity contribution is -0.112. The van der Waals surface area contributed by atoms with Gasteiger partial charge in [0, 0.05) is 30.3 Å². The molecule has 0 atom stereocenters. The fourth-order valence-corrected chi connectivity index (χ4v) is 3.05. The number of hydrogen-bond acceptors (Lipinski definition) is 4. The number of halogens is 2. The lowest BCUT2D eigenvalue weighted by atomic mass is 10.2. The minimum Gasteiger partial charge on any atom is -0.441 e. The molecule has 25 heavy (non-hydrogen) atoms. The van der Waals surface area contributed by atoms with E-state index in [-0.39, 0.29) is 5.57 Å². The van der Waals surface area contributed by atoms with E-state index < -0.39 is 5.91 Å². The molecule has 0 radical (unpaired) electrons. The van der Waals surface area contributed by atoms with Crippen molar-refractivity contribution in [1.29, 1.82) is 5.26 Å². The van der Waals surface area contributed by atoms with Gasteiger partial charge in [0.15, 0.2) is 5.88 Å². The molecule has 0 unspecified atom stereocenters. The van der Waals surface area contributed by atoms with Gasteiger partial charge in [-0.15, -0.1) is 0 Å². The number of rotatable bonds is 4. The summed E-state index contributed by atoms with van der Waals surface area (Å²) in [4.78, 5) is 14.4. The molecule has 1 aromatic carbocycles. The van der Waals surface area contributed by atoms with Gasteiger partial charge in [0.05, 0.1) is 10.7 Å². The number of anilines is 2. The highest BCUT2D eigenvalue weighted by Crippen LogP contribution is 2.27. The molecule has 128 valence electrons. The van der Waals surface area contributed by atoms with Gasteiger partial charge in [-0.3, -0.25) is 4.79 Å². The molecule has 2 aromatic rings. The number of benzene rings is 1. The van der Waals surface area contributed by atoms with Gasteiger partial charge < -0.3 is 14.6 Å². The third kappa shape index (κ3) is 4.16. The van der Waals surface area contributed by atoms with Crippen molar-refractivity contribution in [3.05, 3.63) is 51.7 Å². The van der Waals surface area contributed by atoms with Gasteiger partial charge in [-0.25, -0.2) is 0 Å². The Labute approximate surface area is 155 Å². The molecule has 0 bridgehead atoms. The molecule has 1 aliphatic heterocycles. The average Bonchev–Trinajstić information content (AvgIpc) is 3.26. The number of nitrogens with zero attached hydrogens (tertiary/aromatic N) is 2. The third-order valence-corrected chi connectivity index (χ3v) is 4.41. The minimum absolute atomic E-state index is 0.0756. The van der Waals surface area contributed by atoms with E-state index in [2.05, 4.69) is 10.2 Å². The van der Waals surface area contributed by atoms with Crippen molar-refractivity contribution < 1.29 is 9.21 Å². The van der Waals surface area contributed by atoms with Gasteiger partial charge in [0.25, 0.3) is 5.91 Å². The SMILES string of the molecule is N#C/C(=C/c1ccc(N2CCCC2)o1)C(=O)Nc1ccc(Cl)cc1Cl. The number of nitrogens with one attached hydrogen (secondary N) is 1. The fourth-order valence-electron chi connectivity index (χ4n) is 2.60. The fraction of sp³-hybridized carbons (Fsp3) is 0.222. The summed E-state index contributed by atoms with van der Waals surface area (Å²) in [5, 5.41) is 12.6. The molecular formula is C18H15Cl2N3O2. The maximum absolute atomic E-state index is 12.3. The number of carbonyl (C=O) groups is 1. The highest BCUT2D eigenvalue weighted by Gasteiger charge is 2.17. The van der Waals surface area contributed by atoms with Gasteiger partial charge in [-0.05, 0) is 37.1 Å². The monoisotopic (exact) mass is 375 g/mol. The summed E-state index contributed by atoms with van der Waals surface area (Å²) in [6, 6.07) is 10.2. The van der Waals surface area contributed by atoms with E-state index in [1.165, 1.54) is 12.1 Å². The largest absolute Gasteiger partial charge is 0.441 e. The Morgan fingerprint density at radius 3 is 2.68 bits per heavy atom. The maximum atomic E-state index is 12.3. The van der Waals surface area contributed by atoms with Crippen molar-refractivity contribution in [2.75, 3.05) is 23.3 Å². The van der Waals surface area contributed by atoms with Crippen molar-refractivity contribution in [3.8, 4) is 6.07 Å². The Hall–Kier alpha value is -2.42. The zero-order valence-electron chi connectivity index (χ0n) is 13.3. The van der Waals surface area contributed by atoms with Crippen LogP contribution in [0.25, 0.3) is 6.08 Å². The Kier molecular flexibility index (Phi) is 5.32. The molecule has 3 rings (SSSR count). The molecule has 1 fully saturated rings. The predicted molar refractivity (Wildman–Crippen MR) is 98.8 cm³/mol. The number of amides is 1. The number of furan rings is 1. The van der Waals surface area contributed by atoms with E-state index in [0.717, 1.165) is 31.8 Å². The van der Waals surface area contributed by atoms with Crippen LogP contribution in [0, 0.1) is 11.3 Å². The first-order valence-electron chi connectivity index (χ1n) is 7.80. The summed E-state index contributed by atoms with van der Waals surface area (Å²) in [5.41, 5.74) is 0.308. The van der Waals surface area contributed by atoms with Crippen molar-refractivity contribution >= 4 is 46.8 Å². The van der Waals surface area contributed by atoms with E-state index in [9.17, 15) is 10.1 Å². The summed E-state index contributed by atoms with van der Waals surface area (Å²) in [6.07, 6.45) is 3.69. The quantitative estimate of drug-likeness (QED) is 0.619. The standard InChI is InChI=1S/C18H15Cl2N3O2/c19-13-3-5-16(15(20)10-13)22-18(24)12(11-21)9-14-4-6-17(25-14)23-7-1-2-8-23/h3-6,9-10H,1-2,7-8H2,(H,22,24)/b12-9-. The summed E-state index contributed by atoms with van der Waals surface area (Å²) < 4.78 is 5.71. The van der Waals surface area contributed by atoms with Gasteiger partial charge in [0.2, 0.25) is 0 Å². The summed E-state index contributed by atoms with van der Waals surface area (Å²) in [7, 11) is 0. The Morgan fingerprint density at radius 2 is 2.00 bits per heavy atom. The van der Waals surface area contributed by atoms with Crippen LogP contribution in [0.1, 0.15) is 18.6 Å². The normalized spacial score (nSPS) is 14.4. The van der Waals surface area contributed by atoms with Crippen LogP contribution in [0.15, 0.2) is 40.3 Å². The van der Waals surface area contributed by atoms with E-state index in [4.69, 9.17) is 27.6 Å². The zero-order valence-corrected chi connectivity index (χ0v) is 14.8. The topological polar surface area (TPSA) is 69.3 Å². The first kappa shape index (κ1) is 17.4. The van der Waals surface area contributed by atoms with E-state index >= 15 is 0 Å². The van der Waals surface area contributed by atoms with E-state index in [0.29, 0.717) is 21.5 Å². The molecule has 1 aliphatic rings. The van der Waals surface area contributed by atoms with Gasteiger partial charge in [0.1, 0.15) is 17.4 Å². The second kappa shape index (κ2) is 7.64. The van der Waals surface area contributed by atoms with Crippen LogP contribution < -0.4 is 10.2 Å². The Balaban J connectivity index is 1.75. The first-order valence-corrected chi connectivity index (χ1v) is 8.55. The molecule has 0 saturated carbocycles. The molecule has 0 aliphatic carbocycles. The van der Waals surface area contributed by atoms with Crippen molar-refractivity contribution in [2.45, 2.75) is 12.8 Å².